The maximum absolute atomic E-state index is 12.6. The third-order valence-electron chi connectivity index (χ3n) is 3.87. The fraction of sp³-hybridized carbons (Fsp3) is 0.278. The highest BCUT2D eigenvalue weighted by molar-refractivity contribution is 8.00. The first-order valence-corrected chi connectivity index (χ1v) is 9.08. The van der Waals surface area contributed by atoms with Crippen LogP contribution in [0.3, 0.4) is 0 Å². The van der Waals surface area contributed by atoms with Gasteiger partial charge in [-0.1, -0.05) is 55.1 Å². The number of thioether (sulfide) groups is 1. The van der Waals surface area contributed by atoms with Crippen molar-refractivity contribution >= 4 is 34.1 Å². The molecule has 3 aromatic rings. The van der Waals surface area contributed by atoms with Gasteiger partial charge in [-0.05, 0) is 24.8 Å². The van der Waals surface area contributed by atoms with E-state index >= 15 is 0 Å². The number of carbonyl (C=O) groups excluding carboxylic acids is 1. The van der Waals surface area contributed by atoms with Gasteiger partial charge in [-0.2, -0.15) is 0 Å². The van der Waals surface area contributed by atoms with Crippen molar-refractivity contribution in [2.45, 2.75) is 37.2 Å². The number of anilines is 1. The number of fused-ring (bicyclic) bond motifs is 1. The third kappa shape index (κ3) is 3.76. The molecule has 1 amide bonds. The summed E-state index contributed by atoms with van der Waals surface area (Å²) in [7, 11) is 0. The van der Waals surface area contributed by atoms with Crippen molar-refractivity contribution in [1.29, 1.82) is 0 Å². The zero-order chi connectivity index (χ0) is 17.8. The molecule has 0 aliphatic rings. The van der Waals surface area contributed by atoms with Crippen LogP contribution in [0.15, 0.2) is 52.4 Å². The van der Waals surface area contributed by atoms with Gasteiger partial charge in [0.05, 0.1) is 5.25 Å². The summed E-state index contributed by atoms with van der Waals surface area (Å²) >= 11 is 1.27. The number of aromatic nitrogens is 3. The summed E-state index contributed by atoms with van der Waals surface area (Å²) in [6, 6.07) is 13.7. The van der Waals surface area contributed by atoms with Gasteiger partial charge >= 0.3 is 5.69 Å². The average molecular weight is 356 g/mol. The zero-order valence-corrected chi connectivity index (χ0v) is 15.0. The smallest absolute Gasteiger partial charge is 0.325 e. The second-order valence-corrected chi connectivity index (χ2v) is 7.05. The molecule has 130 valence electrons. The van der Waals surface area contributed by atoms with E-state index in [2.05, 4.69) is 15.5 Å². The lowest BCUT2D eigenvalue weighted by Crippen LogP contribution is -2.24. The molecular weight excluding hydrogens is 336 g/mol. The Labute approximate surface area is 149 Å². The van der Waals surface area contributed by atoms with Crippen LogP contribution in [0.1, 0.15) is 20.3 Å². The molecule has 0 saturated heterocycles. The largest absolute Gasteiger partial charge is 0.343 e. The molecule has 0 fully saturated rings. The van der Waals surface area contributed by atoms with Crippen molar-refractivity contribution in [2.24, 2.45) is 0 Å². The summed E-state index contributed by atoms with van der Waals surface area (Å²) in [5, 5.41) is 11.7. The van der Waals surface area contributed by atoms with Crippen molar-refractivity contribution in [3.8, 4) is 0 Å². The monoisotopic (exact) mass is 356 g/mol. The van der Waals surface area contributed by atoms with Gasteiger partial charge in [0.1, 0.15) is 0 Å². The maximum Gasteiger partial charge on any atom is 0.343 e. The number of hydrogen-bond acceptors (Lipinski definition) is 4. The van der Waals surface area contributed by atoms with E-state index in [0.717, 1.165) is 22.9 Å². The predicted molar refractivity (Wildman–Crippen MR) is 101 cm³/mol. The third-order valence-corrected chi connectivity index (χ3v) is 4.96. The molecule has 0 unspecified atom stereocenters. The number of aromatic amines is 1. The summed E-state index contributed by atoms with van der Waals surface area (Å²) in [4.78, 5) is 24.3. The van der Waals surface area contributed by atoms with E-state index in [1.54, 1.807) is 11.5 Å². The highest BCUT2D eigenvalue weighted by Crippen LogP contribution is 2.25. The highest BCUT2D eigenvalue weighted by atomic mass is 32.2. The Balaban J connectivity index is 1.76. The SMILES string of the molecule is CCCn1c(S[C@H](C)C(=O)Nc2cccc3ccccc23)n[nH]c1=O. The molecule has 0 spiro atoms. The Kier molecular flexibility index (Phi) is 5.23. The van der Waals surface area contributed by atoms with Gasteiger partial charge in [-0.3, -0.25) is 9.36 Å². The molecule has 1 heterocycles. The molecule has 2 N–H and O–H groups in total. The molecular formula is C18H20N4O2S. The number of amides is 1. The lowest BCUT2D eigenvalue weighted by atomic mass is 10.1. The second-order valence-electron chi connectivity index (χ2n) is 5.74. The first-order valence-electron chi connectivity index (χ1n) is 8.20. The van der Waals surface area contributed by atoms with E-state index < -0.39 is 0 Å². The number of hydrogen-bond donors (Lipinski definition) is 2. The van der Waals surface area contributed by atoms with Crippen LogP contribution in [0.4, 0.5) is 5.69 Å². The van der Waals surface area contributed by atoms with Crippen LogP contribution < -0.4 is 11.0 Å². The standard InChI is InChI=1S/C18H20N4O2S/c1-3-11-22-17(24)20-21-18(22)25-12(2)16(23)19-15-10-6-8-13-7-4-5-9-14(13)15/h4-10,12H,3,11H2,1-2H3,(H,19,23)(H,20,24)/t12-/m1/s1. The summed E-state index contributed by atoms with van der Waals surface area (Å²) in [6.45, 7) is 4.38. The van der Waals surface area contributed by atoms with Crippen LogP contribution in [0.25, 0.3) is 10.8 Å². The van der Waals surface area contributed by atoms with Gasteiger partial charge in [0, 0.05) is 17.6 Å². The fourth-order valence-corrected chi connectivity index (χ4v) is 3.48. The number of nitrogens with one attached hydrogen (secondary N) is 2. The van der Waals surface area contributed by atoms with Crippen molar-refractivity contribution in [3.63, 3.8) is 0 Å². The number of benzene rings is 2. The van der Waals surface area contributed by atoms with Gasteiger partial charge in [-0.25, -0.2) is 9.89 Å². The molecule has 0 aliphatic heterocycles. The molecule has 3 rings (SSSR count). The minimum atomic E-state index is -0.384. The summed E-state index contributed by atoms with van der Waals surface area (Å²) in [5.41, 5.74) is 0.537. The fourth-order valence-electron chi connectivity index (χ4n) is 2.59. The lowest BCUT2D eigenvalue weighted by Gasteiger charge is -2.13. The van der Waals surface area contributed by atoms with Gasteiger partial charge in [0.15, 0.2) is 5.16 Å². The number of H-pyrrole nitrogens is 1. The first-order chi connectivity index (χ1) is 12.1. The Hall–Kier alpha value is -2.54. The first kappa shape index (κ1) is 17.3. The number of carbonyl (C=O) groups is 1. The Morgan fingerprint density at radius 2 is 2.04 bits per heavy atom. The van der Waals surface area contributed by atoms with Gasteiger partial charge in [0.2, 0.25) is 5.91 Å². The van der Waals surface area contributed by atoms with Crippen LogP contribution >= 0.6 is 11.8 Å². The van der Waals surface area contributed by atoms with E-state index in [1.807, 2.05) is 49.4 Å². The van der Waals surface area contributed by atoms with Crippen molar-refractivity contribution < 1.29 is 4.79 Å². The molecule has 1 aromatic heterocycles. The van der Waals surface area contributed by atoms with Crippen molar-refractivity contribution in [2.75, 3.05) is 5.32 Å². The van der Waals surface area contributed by atoms with Crippen LogP contribution in [0.2, 0.25) is 0 Å². The second kappa shape index (κ2) is 7.57. The molecule has 7 heteroatoms. The molecule has 0 bridgehead atoms. The molecule has 6 nitrogen and oxygen atoms in total. The lowest BCUT2D eigenvalue weighted by molar-refractivity contribution is -0.115. The molecule has 0 aliphatic carbocycles. The van der Waals surface area contributed by atoms with Crippen LogP contribution in [-0.4, -0.2) is 25.9 Å². The van der Waals surface area contributed by atoms with E-state index in [-0.39, 0.29) is 16.8 Å². The van der Waals surface area contributed by atoms with Crippen LogP contribution in [0, 0.1) is 0 Å². The topological polar surface area (TPSA) is 79.8 Å². The van der Waals surface area contributed by atoms with E-state index in [1.165, 1.54) is 11.8 Å². The molecule has 1 atom stereocenters. The zero-order valence-electron chi connectivity index (χ0n) is 14.2. The summed E-state index contributed by atoms with van der Waals surface area (Å²) < 4.78 is 1.56. The molecule has 2 aromatic carbocycles. The van der Waals surface area contributed by atoms with Gasteiger partial charge in [-0.15, -0.1) is 5.10 Å². The average Bonchev–Trinajstić information content (AvgIpc) is 2.96. The summed E-state index contributed by atoms with van der Waals surface area (Å²) in [6.07, 6.45) is 0.823. The number of nitrogens with zero attached hydrogens (tertiary/aromatic N) is 2. The molecule has 0 radical (unpaired) electrons. The Morgan fingerprint density at radius 3 is 2.84 bits per heavy atom. The maximum atomic E-state index is 12.6. The molecule has 0 saturated carbocycles. The van der Waals surface area contributed by atoms with E-state index in [9.17, 15) is 9.59 Å². The van der Waals surface area contributed by atoms with Crippen LogP contribution in [-0.2, 0) is 11.3 Å². The highest BCUT2D eigenvalue weighted by Gasteiger charge is 2.19. The Morgan fingerprint density at radius 1 is 1.28 bits per heavy atom. The minimum Gasteiger partial charge on any atom is -0.325 e. The Bertz CT molecular complexity index is 942. The number of rotatable bonds is 6. The van der Waals surface area contributed by atoms with Crippen molar-refractivity contribution in [3.05, 3.63) is 52.9 Å². The normalized spacial score (nSPS) is 12.2. The van der Waals surface area contributed by atoms with Gasteiger partial charge < -0.3 is 5.32 Å². The summed E-state index contributed by atoms with van der Waals surface area (Å²) in [5.74, 6) is -0.125. The van der Waals surface area contributed by atoms with E-state index in [0.29, 0.717) is 11.7 Å². The van der Waals surface area contributed by atoms with E-state index in [4.69, 9.17) is 0 Å². The minimum absolute atomic E-state index is 0.125. The van der Waals surface area contributed by atoms with Crippen molar-refractivity contribution in [1.82, 2.24) is 14.8 Å². The molecule has 25 heavy (non-hydrogen) atoms. The van der Waals surface area contributed by atoms with Gasteiger partial charge in [0.25, 0.3) is 0 Å². The quantitative estimate of drug-likeness (QED) is 0.665. The predicted octanol–water partition coefficient (Wildman–Crippen LogP) is 3.25. The van der Waals surface area contributed by atoms with Crippen LogP contribution in [0.5, 0.6) is 0 Å².